The molecule has 1 aromatic heterocycles. The van der Waals surface area contributed by atoms with Crippen molar-refractivity contribution in [2.75, 3.05) is 0 Å². The summed E-state index contributed by atoms with van der Waals surface area (Å²) in [4.78, 5) is 1.17. The molecule has 66 valence electrons. The van der Waals surface area contributed by atoms with E-state index in [9.17, 15) is 0 Å². The summed E-state index contributed by atoms with van der Waals surface area (Å²) in [6, 6.07) is 4.06. The lowest BCUT2D eigenvalue weighted by Gasteiger charge is -2.16. The van der Waals surface area contributed by atoms with Crippen LogP contribution in [0.1, 0.15) is 25.6 Å². The topological polar surface area (TPSA) is 24.4 Å². The Balaban J connectivity index is 2.42. The number of nitrogens with zero attached hydrogens (tertiary/aromatic N) is 1. The van der Waals surface area contributed by atoms with Crippen LogP contribution in [0.5, 0.6) is 0 Å². The molecule has 1 aromatic rings. The third-order valence-electron chi connectivity index (χ3n) is 1.13. The Kier molecular flexibility index (Phi) is 2.87. The van der Waals surface area contributed by atoms with E-state index in [-0.39, 0.29) is 5.54 Å². The quantitative estimate of drug-likeness (QED) is 0.551. The maximum Gasteiger partial charge on any atom is 0.0640 e. The van der Waals surface area contributed by atoms with Crippen molar-refractivity contribution in [3.05, 3.63) is 22.4 Å². The molecule has 0 radical (unpaired) electrons. The molecule has 1 rings (SSSR count). The van der Waals surface area contributed by atoms with Gasteiger partial charge in [-0.15, -0.1) is 11.3 Å². The fourth-order valence-corrected chi connectivity index (χ4v) is 1.24. The third kappa shape index (κ3) is 3.53. The summed E-state index contributed by atoms with van der Waals surface area (Å²) < 4.78 is 0. The number of nitrogens with one attached hydrogen (secondary N) is 1. The fraction of sp³-hybridized carbons (Fsp3) is 0.444. The summed E-state index contributed by atoms with van der Waals surface area (Å²) in [5.41, 5.74) is 3.09. The third-order valence-corrected chi connectivity index (χ3v) is 1.94. The first-order chi connectivity index (χ1) is 5.58. The Morgan fingerprint density at radius 1 is 1.50 bits per heavy atom. The van der Waals surface area contributed by atoms with Crippen LogP contribution in [-0.4, -0.2) is 11.8 Å². The highest BCUT2D eigenvalue weighted by molar-refractivity contribution is 7.11. The molecule has 1 N–H and O–H groups in total. The zero-order valence-electron chi connectivity index (χ0n) is 7.66. The van der Waals surface area contributed by atoms with Gasteiger partial charge in [-0.1, -0.05) is 6.07 Å². The van der Waals surface area contributed by atoms with Crippen LogP contribution in [0, 0.1) is 0 Å². The van der Waals surface area contributed by atoms with E-state index in [1.165, 1.54) is 4.88 Å². The van der Waals surface area contributed by atoms with E-state index in [0.29, 0.717) is 0 Å². The van der Waals surface area contributed by atoms with E-state index in [4.69, 9.17) is 0 Å². The Labute approximate surface area is 77.3 Å². The Bertz CT molecular complexity index is 244. The maximum absolute atomic E-state index is 4.12. The van der Waals surface area contributed by atoms with Crippen molar-refractivity contribution in [2.24, 2.45) is 5.10 Å². The minimum absolute atomic E-state index is 0.0494. The van der Waals surface area contributed by atoms with E-state index < -0.39 is 0 Å². The van der Waals surface area contributed by atoms with Gasteiger partial charge in [0.15, 0.2) is 0 Å². The number of rotatable bonds is 2. The lowest BCUT2D eigenvalue weighted by Crippen LogP contribution is -2.31. The number of hydrogen-bond donors (Lipinski definition) is 1. The van der Waals surface area contributed by atoms with Crippen LogP contribution in [0.4, 0.5) is 0 Å². The van der Waals surface area contributed by atoms with E-state index in [2.05, 4.69) is 31.3 Å². The molecule has 3 heteroatoms. The van der Waals surface area contributed by atoms with Crippen LogP contribution in [-0.2, 0) is 0 Å². The Morgan fingerprint density at radius 3 is 2.75 bits per heavy atom. The summed E-state index contributed by atoms with van der Waals surface area (Å²) in [6.07, 6.45) is 1.84. The molecule has 0 aliphatic heterocycles. The van der Waals surface area contributed by atoms with Gasteiger partial charge in [0, 0.05) is 10.4 Å². The normalized spacial score (nSPS) is 12.2. The summed E-state index contributed by atoms with van der Waals surface area (Å²) in [7, 11) is 0. The van der Waals surface area contributed by atoms with Gasteiger partial charge in [-0.3, -0.25) is 0 Å². The van der Waals surface area contributed by atoms with Gasteiger partial charge in [-0.05, 0) is 32.2 Å². The summed E-state index contributed by atoms with van der Waals surface area (Å²) in [5, 5.41) is 6.16. The van der Waals surface area contributed by atoms with Gasteiger partial charge in [0.05, 0.1) is 6.21 Å². The van der Waals surface area contributed by atoms with Crippen molar-refractivity contribution in [3.63, 3.8) is 0 Å². The largest absolute Gasteiger partial charge is 0.305 e. The highest BCUT2D eigenvalue weighted by atomic mass is 32.1. The number of hydrazone groups is 1. The first-order valence-corrected chi connectivity index (χ1v) is 4.80. The summed E-state index contributed by atoms with van der Waals surface area (Å²) in [5.74, 6) is 0. The van der Waals surface area contributed by atoms with Crippen LogP contribution in [0.3, 0.4) is 0 Å². The van der Waals surface area contributed by atoms with Gasteiger partial charge in [-0.2, -0.15) is 5.10 Å². The molecule has 0 aliphatic carbocycles. The van der Waals surface area contributed by atoms with Crippen LogP contribution in [0.15, 0.2) is 22.6 Å². The van der Waals surface area contributed by atoms with E-state index >= 15 is 0 Å². The fourth-order valence-electron chi connectivity index (χ4n) is 0.654. The smallest absolute Gasteiger partial charge is 0.0640 e. The van der Waals surface area contributed by atoms with Gasteiger partial charge in [0.25, 0.3) is 0 Å². The number of thiophene rings is 1. The first kappa shape index (κ1) is 9.26. The van der Waals surface area contributed by atoms with E-state index in [1.54, 1.807) is 11.3 Å². The molecule has 1 heterocycles. The molecule has 0 atom stereocenters. The lowest BCUT2D eigenvalue weighted by molar-refractivity contribution is 0.442. The molecule has 0 bridgehead atoms. The molecular formula is C9H14N2S. The molecule has 2 nitrogen and oxygen atoms in total. The highest BCUT2D eigenvalue weighted by Gasteiger charge is 2.05. The SMILES string of the molecule is CC(C)(C)N/N=C/c1cccs1. The average molecular weight is 182 g/mol. The van der Waals surface area contributed by atoms with Crippen molar-refractivity contribution in [2.45, 2.75) is 26.3 Å². The molecular weight excluding hydrogens is 168 g/mol. The molecule has 0 aliphatic rings. The van der Waals surface area contributed by atoms with Gasteiger partial charge >= 0.3 is 0 Å². The summed E-state index contributed by atoms with van der Waals surface area (Å²) >= 11 is 1.68. The molecule has 0 aromatic carbocycles. The Morgan fingerprint density at radius 2 is 2.25 bits per heavy atom. The Hall–Kier alpha value is -0.830. The zero-order valence-corrected chi connectivity index (χ0v) is 8.48. The number of hydrogen-bond acceptors (Lipinski definition) is 3. The van der Waals surface area contributed by atoms with Gasteiger partial charge in [0.1, 0.15) is 0 Å². The van der Waals surface area contributed by atoms with Crippen LogP contribution in [0.2, 0.25) is 0 Å². The van der Waals surface area contributed by atoms with E-state index in [1.807, 2.05) is 23.7 Å². The molecule has 0 fully saturated rings. The second-order valence-electron chi connectivity index (χ2n) is 3.64. The van der Waals surface area contributed by atoms with Gasteiger partial charge in [-0.25, -0.2) is 0 Å². The maximum atomic E-state index is 4.12. The van der Waals surface area contributed by atoms with Crippen molar-refractivity contribution < 1.29 is 0 Å². The molecule has 0 saturated carbocycles. The van der Waals surface area contributed by atoms with Crippen molar-refractivity contribution in [3.8, 4) is 0 Å². The highest BCUT2D eigenvalue weighted by Crippen LogP contribution is 2.04. The second-order valence-corrected chi connectivity index (χ2v) is 4.61. The minimum atomic E-state index is 0.0494. The summed E-state index contributed by atoms with van der Waals surface area (Å²) in [6.45, 7) is 6.25. The van der Waals surface area contributed by atoms with Crippen LogP contribution < -0.4 is 5.43 Å². The van der Waals surface area contributed by atoms with Crippen LogP contribution in [0.25, 0.3) is 0 Å². The second kappa shape index (κ2) is 3.72. The monoisotopic (exact) mass is 182 g/mol. The lowest BCUT2D eigenvalue weighted by atomic mass is 10.1. The predicted octanol–water partition coefficient (Wildman–Crippen LogP) is 2.47. The van der Waals surface area contributed by atoms with Gasteiger partial charge < -0.3 is 5.43 Å². The molecule has 0 unspecified atom stereocenters. The first-order valence-electron chi connectivity index (χ1n) is 3.92. The molecule has 0 spiro atoms. The molecule has 0 amide bonds. The van der Waals surface area contributed by atoms with E-state index in [0.717, 1.165) is 0 Å². The molecule has 0 saturated heterocycles. The predicted molar refractivity (Wildman–Crippen MR) is 54.8 cm³/mol. The average Bonchev–Trinajstić information content (AvgIpc) is 2.36. The standard InChI is InChI=1S/C9H14N2S/c1-9(2,3)11-10-7-8-5-4-6-12-8/h4-7,11H,1-3H3/b10-7+. The van der Waals surface area contributed by atoms with Crippen molar-refractivity contribution in [1.29, 1.82) is 0 Å². The van der Waals surface area contributed by atoms with Crippen LogP contribution >= 0.6 is 11.3 Å². The molecule has 12 heavy (non-hydrogen) atoms. The van der Waals surface area contributed by atoms with Crippen molar-refractivity contribution in [1.82, 2.24) is 5.43 Å². The van der Waals surface area contributed by atoms with Gasteiger partial charge in [0.2, 0.25) is 0 Å². The zero-order chi connectivity index (χ0) is 9.03. The van der Waals surface area contributed by atoms with Crippen molar-refractivity contribution >= 4 is 17.6 Å². The minimum Gasteiger partial charge on any atom is -0.305 e.